The second-order valence-corrected chi connectivity index (χ2v) is 5.81. The normalized spacial score (nSPS) is 21.1. The van der Waals surface area contributed by atoms with E-state index in [1.165, 1.54) is 5.57 Å². The lowest BCUT2D eigenvalue weighted by atomic mass is 9.80. The van der Waals surface area contributed by atoms with Crippen LogP contribution in [0.15, 0.2) is 30.3 Å². The van der Waals surface area contributed by atoms with Gasteiger partial charge >= 0.3 is 0 Å². The molecule has 1 heterocycles. The van der Waals surface area contributed by atoms with Crippen molar-refractivity contribution < 1.29 is 5.11 Å². The largest absolute Gasteiger partial charge is 0.508 e. The highest BCUT2D eigenvalue weighted by Gasteiger charge is 2.27. The maximum absolute atomic E-state index is 9.53. The summed E-state index contributed by atoms with van der Waals surface area (Å²) in [4.78, 5) is 0. The first-order valence-corrected chi connectivity index (χ1v) is 6.18. The smallest absolute Gasteiger partial charge is 0.116 e. The molecule has 1 atom stereocenters. The van der Waals surface area contributed by atoms with Crippen LogP contribution < -0.4 is 5.32 Å². The molecule has 1 aromatic carbocycles. The second-order valence-electron chi connectivity index (χ2n) is 5.81. The lowest BCUT2D eigenvalue weighted by Crippen LogP contribution is -2.42. The number of phenolic OH excluding ortho intramolecular Hbond substituents is 1. The monoisotopic (exact) mass is 231 g/mol. The third kappa shape index (κ3) is 2.89. The standard InChI is InChI=1S/C15H21NO/c1-15(2,3)14-10-12(7-8-16-14)11-5-4-6-13(17)9-11/h4-7,9,14,16-17H,8,10H2,1-3H3. The molecule has 1 aromatic rings. The Morgan fingerprint density at radius 3 is 2.71 bits per heavy atom. The van der Waals surface area contributed by atoms with Crippen molar-refractivity contribution in [3.8, 4) is 5.75 Å². The van der Waals surface area contributed by atoms with Gasteiger partial charge < -0.3 is 10.4 Å². The quantitative estimate of drug-likeness (QED) is 0.778. The van der Waals surface area contributed by atoms with E-state index in [4.69, 9.17) is 0 Å². The number of aromatic hydroxyl groups is 1. The van der Waals surface area contributed by atoms with Crippen LogP contribution in [0.2, 0.25) is 0 Å². The van der Waals surface area contributed by atoms with Gasteiger partial charge in [0, 0.05) is 12.6 Å². The second kappa shape index (κ2) is 4.53. The zero-order valence-electron chi connectivity index (χ0n) is 10.8. The molecule has 2 rings (SSSR count). The van der Waals surface area contributed by atoms with E-state index >= 15 is 0 Å². The summed E-state index contributed by atoms with van der Waals surface area (Å²) in [5, 5.41) is 13.1. The number of phenols is 1. The van der Waals surface area contributed by atoms with E-state index in [1.54, 1.807) is 6.07 Å². The Morgan fingerprint density at radius 1 is 1.29 bits per heavy atom. The summed E-state index contributed by atoms with van der Waals surface area (Å²) in [5.41, 5.74) is 2.73. The van der Waals surface area contributed by atoms with Crippen LogP contribution in [0.4, 0.5) is 0 Å². The van der Waals surface area contributed by atoms with Crippen molar-refractivity contribution in [2.24, 2.45) is 5.41 Å². The van der Waals surface area contributed by atoms with Crippen LogP contribution >= 0.6 is 0 Å². The molecule has 17 heavy (non-hydrogen) atoms. The van der Waals surface area contributed by atoms with Gasteiger partial charge in [0.1, 0.15) is 5.75 Å². The van der Waals surface area contributed by atoms with Crippen LogP contribution in [-0.2, 0) is 0 Å². The minimum atomic E-state index is 0.260. The minimum absolute atomic E-state index is 0.260. The average Bonchev–Trinajstić information content (AvgIpc) is 2.28. The fraction of sp³-hybridized carbons (Fsp3) is 0.467. The van der Waals surface area contributed by atoms with Crippen LogP contribution in [0, 0.1) is 5.41 Å². The van der Waals surface area contributed by atoms with Gasteiger partial charge in [-0.15, -0.1) is 0 Å². The van der Waals surface area contributed by atoms with Gasteiger partial charge in [0.25, 0.3) is 0 Å². The van der Waals surface area contributed by atoms with Crippen molar-refractivity contribution in [1.29, 1.82) is 0 Å². The molecule has 1 aliphatic heterocycles. The molecule has 0 spiro atoms. The lowest BCUT2D eigenvalue weighted by molar-refractivity contribution is 0.274. The third-order valence-electron chi connectivity index (χ3n) is 3.40. The molecule has 0 aliphatic carbocycles. The minimum Gasteiger partial charge on any atom is -0.508 e. The van der Waals surface area contributed by atoms with E-state index < -0.39 is 0 Å². The predicted octanol–water partition coefficient (Wildman–Crippen LogP) is 3.18. The molecule has 1 unspecified atom stereocenters. The highest BCUT2D eigenvalue weighted by Crippen LogP contribution is 2.31. The average molecular weight is 231 g/mol. The Balaban J connectivity index is 2.21. The molecule has 0 saturated heterocycles. The molecule has 92 valence electrons. The highest BCUT2D eigenvalue weighted by atomic mass is 16.3. The molecule has 1 aliphatic rings. The van der Waals surface area contributed by atoms with Crippen molar-refractivity contribution >= 4 is 5.57 Å². The van der Waals surface area contributed by atoms with Crippen molar-refractivity contribution in [3.05, 3.63) is 35.9 Å². The number of rotatable bonds is 1. The molecule has 0 amide bonds. The summed E-state index contributed by atoms with van der Waals surface area (Å²) in [6.45, 7) is 7.69. The highest BCUT2D eigenvalue weighted by molar-refractivity contribution is 5.68. The summed E-state index contributed by atoms with van der Waals surface area (Å²) in [7, 11) is 0. The van der Waals surface area contributed by atoms with Crippen molar-refractivity contribution in [1.82, 2.24) is 5.32 Å². The van der Waals surface area contributed by atoms with Crippen molar-refractivity contribution in [3.63, 3.8) is 0 Å². The molecule has 0 saturated carbocycles. The van der Waals surface area contributed by atoms with Gasteiger partial charge in [-0.1, -0.05) is 39.0 Å². The molecular weight excluding hydrogens is 210 g/mol. The zero-order chi connectivity index (χ0) is 12.5. The Labute approximate surface area is 103 Å². The maximum atomic E-state index is 9.53. The third-order valence-corrected chi connectivity index (χ3v) is 3.40. The number of nitrogens with one attached hydrogen (secondary N) is 1. The van der Waals surface area contributed by atoms with Gasteiger partial charge in [-0.2, -0.15) is 0 Å². The van der Waals surface area contributed by atoms with Gasteiger partial charge in [-0.25, -0.2) is 0 Å². The molecule has 0 bridgehead atoms. The van der Waals surface area contributed by atoms with Gasteiger partial charge in [0.05, 0.1) is 0 Å². The molecule has 0 aromatic heterocycles. The molecular formula is C15H21NO. The first-order chi connectivity index (χ1) is 7.97. The first kappa shape index (κ1) is 12.2. The number of benzene rings is 1. The van der Waals surface area contributed by atoms with Crippen LogP contribution in [0.25, 0.3) is 5.57 Å². The van der Waals surface area contributed by atoms with E-state index in [1.807, 2.05) is 12.1 Å². The van der Waals surface area contributed by atoms with E-state index in [2.05, 4.69) is 38.2 Å². The molecule has 2 N–H and O–H groups in total. The van der Waals surface area contributed by atoms with E-state index in [9.17, 15) is 5.11 Å². The van der Waals surface area contributed by atoms with Crippen molar-refractivity contribution in [2.75, 3.05) is 6.54 Å². The van der Waals surface area contributed by atoms with Crippen LogP contribution in [0.1, 0.15) is 32.8 Å². The Bertz CT molecular complexity index is 429. The van der Waals surface area contributed by atoms with Crippen LogP contribution in [0.3, 0.4) is 0 Å². The Hall–Kier alpha value is -1.28. The van der Waals surface area contributed by atoms with Crippen molar-refractivity contribution in [2.45, 2.75) is 33.2 Å². The zero-order valence-corrected chi connectivity index (χ0v) is 10.8. The van der Waals surface area contributed by atoms with Gasteiger partial charge in [-0.3, -0.25) is 0 Å². The van der Waals surface area contributed by atoms with E-state index in [0.717, 1.165) is 18.5 Å². The number of hydrogen-bond acceptors (Lipinski definition) is 2. The van der Waals surface area contributed by atoms with E-state index in [-0.39, 0.29) is 5.41 Å². The first-order valence-electron chi connectivity index (χ1n) is 6.18. The fourth-order valence-electron chi connectivity index (χ4n) is 2.25. The van der Waals surface area contributed by atoms with Gasteiger partial charge in [0.15, 0.2) is 0 Å². The van der Waals surface area contributed by atoms with Crippen LogP contribution in [-0.4, -0.2) is 17.7 Å². The summed E-state index contributed by atoms with van der Waals surface area (Å²) < 4.78 is 0. The number of hydrogen-bond donors (Lipinski definition) is 2. The molecule has 0 fully saturated rings. The Kier molecular flexibility index (Phi) is 3.25. The van der Waals surface area contributed by atoms with Gasteiger partial charge in [-0.05, 0) is 35.1 Å². The van der Waals surface area contributed by atoms with E-state index in [0.29, 0.717) is 11.8 Å². The SMILES string of the molecule is CC(C)(C)C1CC(c2cccc(O)c2)=CCN1. The topological polar surface area (TPSA) is 32.3 Å². The molecule has 0 radical (unpaired) electrons. The predicted molar refractivity (Wildman–Crippen MR) is 71.9 cm³/mol. The molecule has 2 nitrogen and oxygen atoms in total. The summed E-state index contributed by atoms with van der Waals surface area (Å²) in [6.07, 6.45) is 3.24. The Morgan fingerprint density at radius 2 is 2.06 bits per heavy atom. The lowest BCUT2D eigenvalue weighted by Gasteiger charge is -2.35. The summed E-state index contributed by atoms with van der Waals surface area (Å²) in [5.74, 6) is 0.342. The summed E-state index contributed by atoms with van der Waals surface area (Å²) in [6, 6.07) is 8.02. The summed E-state index contributed by atoms with van der Waals surface area (Å²) >= 11 is 0. The maximum Gasteiger partial charge on any atom is 0.116 e. The fourth-order valence-corrected chi connectivity index (χ4v) is 2.25. The van der Waals surface area contributed by atoms with Crippen LogP contribution in [0.5, 0.6) is 5.75 Å². The van der Waals surface area contributed by atoms with Gasteiger partial charge in [0.2, 0.25) is 0 Å². The molecule has 2 heteroatoms.